The zero-order chi connectivity index (χ0) is 21.9. The van der Waals surface area contributed by atoms with Crippen LogP contribution in [0.2, 0.25) is 0 Å². The van der Waals surface area contributed by atoms with E-state index in [0.717, 1.165) is 6.42 Å². The SMILES string of the molecule is CCCNC(=O)C(C)NC(=O)c1ccc(OCC(=O)Nc2cccc(OC)c2)cc1. The summed E-state index contributed by atoms with van der Waals surface area (Å²) in [5.74, 6) is 0.168. The van der Waals surface area contributed by atoms with Gasteiger partial charge in [-0.05, 0) is 49.7 Å². The summed E-state index contributed by atoms with van der Waals surface area (Å²) >= 11 is 0. The van der Waals surface area contributed by atoms with Crippen LogP contribution in [0, 0.1) is 0 Å². The largest absolute Gasteiger partial charge is 0.497 e. The van der Waals surface area contributed by atoms with Crippen LogP contribution in [0.3, 0.4) is 0 Å². The Hall–Kier alpha value is -3.55. The minimum absolute atomic E-state index is 0.183. The highest BCUT2D eigenvalue weighted by atomic mass is 16.5. The van der Waals surface area contributed by atoms with Crippen LogP contribution in [0.4, 0.5) is 5.69 Å². The molecule has 0 aliphatic carbocycles. The molecule has 1 unspecified atom stereocenters. The molecule has 0 aromatic heterocycles. The average Bonchev–Trinajstić information content (AvgIpc) is 2.76. The number of carbonyl (C=O) groups excluding carboxylic acids is 3. The number of amides is 3. The van der Waals surface area contributed by atoms with Crippen molar-refractivity contribution in [3.8, 4) is 11.5 Å². The molecule has 8 nitrogen and oxygen atoms in total. The van der Waals surface area contributed by atoms with Crippen LogP contribution >= 0.6 is 0 Å². The topological polar surface area (TPSA) is 106 Å². The molecule has 0 aliphatic rings. The zero-order valence-electron chi connectivity index (χ0n) is 17.4. The summed E-state index contributed by atoms with van der Waals surface area (Å²) in [4.78, 5) is 36.1. The summed E-state index contributed by atoms with van der Waals surface area (Å²) in [6.45, 7) is 3.96. The Balaban J connectivity index is 1.82. The van der Waals surface area contributed by atoms with E-state index in [-0.39, 0.29) is 24.3 Å². The maximum absolute atomic E-state index is 12.3. The first-order valence-corrected chi connectivity index (χ1v) is 9.68. The van der Waals surface area contributed by atoms with E-state index in [2.05, 4.69) is 16.0 Å². The van der Waals surface area contributed by atoms with E-state index >= 15 is 0 Å². The van der Waals surface area contributed by atoms with Crippen LogP contribution in [0.25, 0.3) is 0 Å². The van der Waals surface area contributed by atoms with Crippen molar-refractivity contribution in [2.75, 3.05) is 25.6 Å². The summed E-state index contributed by atoms with van der Waals surface area (Å²) in [7, 11) is 1.55. The Labute approximate surface area is 175 Å². The van der Waals surface area contributed by atoms with Gasteiger partial charge >= 0.3 is 0 Å². The van der Waals surface area contributed by atoms with Gasteiger partial charge in [-0.3, -0.25) is 14.4 Å². The lowest BCUT2D eigenvalue weighted by Gasteiger charge is -2.14. The lowest BCUT2D eigenvalue weighted by Crippen LogP contribution is -2.44. The quantitative estimate of drug-likeness (QED) is 0.555. The van der Waals surface area contributed by atoms with Crippen molar-refractivity contribution < 1.29 is 23.9 Å². The molecule has 2 rings (SSSR count). The predicted molar refractivity (Wildman–Crippen MR) is 114 cm³/mol. The van der Waals surface area contributed by atoms with Gasteiger partial charge in [-0.15, -0.1) is 0 Å². The van der Waals surface area contributed by atoms with Crippen molar-refractivity contribution in [2.24, 2.45) is 0 Å². The van der Waals surface area contributed by atoms with Crippen LogP contribution in [-0.2, 0) is 9.59 Å². The number of benzene rings is 2. The van der Waals surface area contributed by atoms with Gasteiger partial charge in [-0.1, -0.05) is 13.0 Å². The molecule has 0 aliphatic heterocycles. The predicted octanol–water partition coefficient (Wildman–Crippen LogP) is 2.36. The lowest BCUT2D eigenvalue weighted by atomic mass is 10.2. The molecule has 2 aromatic rings. The smallest absolute Gasteiger partial charge is 0.262 e. The summed E-state index contributed by atoms with van der Waals surface area (Å²) < 4.78 is 10.6. The number of hydrogen-bond acceptors (Lipinski definition) is 5. The third-order valence-corrected chi connectivity index (χ3v) is 4.13. The molecule has 0 saturated carbocycles. The monoisotopic (exact) mass is 413 g/mol. The second-order valence-corrected chi connectivity index (χ2v) is 6.58. The van der Waals surface area contributed by atoms with Gasteiger partial charge in [0.15, 0.2) is 6.61 Å². The molecule has 8 heteroatoms. The number of carbonyl (C=O) groups is 3. The highest BCUT2D eigenvalue weighted by Crippen LogP contribution is 2.17. The van der Waals surface area contributed by atoms with E-state index < -0.39 is 6.04 Å². The highest BCUT2D eigenvalue weighted by Gasteiger charge is 2.16. The minimum Gasteiger partial charge on any atom is -0.497 e. The van der Waals surface area contributed by atoms with Gasteiger partial charge in [0.1, 0.15) is 17.5 Å². The van der Waals surface area contributed by atoms with Gasteiger partial charge in [0.05, 0.1) is 7.11 Å². The fourth-order valence-corrected chi connectivity index (χ4v) is 2.50. The second kappa shape index (κ2) is 11.5. The average molecular weight is 413 g/mol. The Bertz CT molecular complexity index is 867. The third-order valence-electron chi connectivity index (χ3n) is 4.13. The normalized spacial score (nSPS) is 11.2. The molecule has 0 heterocycles. The molecule has 0 radical (unpaired) electrons. The standard InChI is InChI=1S/C22H27N3O5/c1-4-12-23-21(27)15(2)24-22(28)16-8-10-18(11-9-16)30-14-20(26)25-17-6-5-7-19(13-17)29-3/h5-11,13,15H,4,12,14H2,1-3H3,(H,23,27)(H,24,28)(H,25,26). The molecule has 0 fully saturated rings. The zero-order valence-corrected chi connectivity index (χ0v) is 17.4. The van der Waals surface area contributed by atoms with Crippen LogP contribution < -0.4 is 25.4 Å². The van der Waals surface area contributed by atoms with E-state index in [1.807, 2.05) is 6.92 Å². The van der Waals surface area contributed by atoms with Gasteiger partial charge < -0.3 is 25.4 Å². The van der Waals surface area contributed by atoms with E-state index in [0.29, 0.717) is 29.3 Å². The van der Waals surface area contributed by atoms with Crippen LogP contribution in [0.15, 0.2) is 48.5 Å². The van der Waals surface area contributed by atoms with Crippen LogP contribution in [-0.4, -0.2) is 44.0 Å². The number of ether oxygens (including phenoxy) is 2. The maximum Gasteiger partial charge on any atom is 0.262 e. The van der Waals surface area contributed by atoms with Gasteiger partial charge in [0.2, 0.25) is 5.91 Å². The summed E-state index contributed by atoms with van der Waals surface area (Å²) in [6.07, 6.45) is 0.825. The Morgan fingerprint density at radius 1 is 1.03 bits per heavy atom. The molecule has 1 atom stereocenters. The molecule has 0 bridgehead atoms. The third kappa shape index (κ3) is 7.12. The molecule has 30 heavy (non-hydrogen) atoms. The number of nitrogens with one attached hydrogen (secondary N) is 3. The van der Waals surface area contributed by atoms with Crippen molar-refractivity contribution in [1.29, 1.82) is 0 Å². The molecule has 160 valence electrons. The van der Waals surface area contributed by atoms with Crippen LogP contribution in [0.1, 0.15) is 30.6 Å². The van der Waals surface area contributed by atoms with E-state index in [1.54, 1.807) is 62.6 Å². The van der Waals surface area contributed by atoms with E-state index in [4.69, 9.17) is 9.47 Å². The second-order valence-electron chi connectivity index (χ2n) is 6.58. The fourth-order valence-electron chi connectivity index (χ4n) is 2.50. The molecular formula is C22H27N3O5. The fraction of sp³-hybridized carbons (Fsp3) is 0.318. The lowest BCUT2D eigenvalue weighted by molar-refractivity contribution is -0.122. The molecule has 0 spiro atoms. The van der Waals surface area contributed by atoms with E-state index in [1.165, 1.54) is 0 Å². The molecule has 3 amide bonds. The number of hydrogen-bond donors (Lipinski definition) is 3. The first-order chi connectivity index (χ1) is 14.4. The van der Waals surface area contributed by atoms with Crippen LogP contribution in [0.5, 0.6) is 11.5 Å². The van der Waals surface area contributed by atoms with Crippen molar-refractivity contribution in [2.45, 2.75) is 26.3 Å². The molecule has 3 N–H and O–H groups in total. The Morgan fingerprint density at radius 3 is 2.43 bits per heavy atom. The minimum atomic E-state index is -0.639. The maximum atomic E-state index is 12.3. The molecule has 0 saturated heterocycles. The van der Waals surface area contributed by atoms with E-state index in [9.17, 15) is 14.4 Å². The van der Waals surface area contributed by atoms with Gasteiger partial charge in [0.25, 0.3) is 11.8 Å². The Kier molecular flexibility index (Phi) is 8.68. The van der Waals surface area contributed by atoms with Crippen molar-refractivity contribution >= 4 is 23.4 Å². The number of anilines is 1. The first kappa shape index (κ1) is 22.7. The van der Waals surface area contributed by atoms with Gasteiger partial charge in [0, 0.05) is 23.9 Å². The summed E-state index contributed by atoms with van der Waals surface area (Å²) in [5, 5.41) is 8.09. The van der Waals surface area contributed by atoms with Crippen molar-refractivity contribution in [1.82, 2.24) is 10.6 Å². The van der Waals surface area contributed by atoms with Crippen molar-refractivity contribution in [3.05, 3.63) is 54.1 Å². The molecular weight excluding hydrogens is 386 g/mol. The number of methoxy groups -OCH3 is 1. The van der Waals surface area contributed by atoms with Gasteiger partial charge in [-0.2, -0.15) is 0 Å². The first-order valence-electron chi connectivity index (χ1n) is 9.68. The summed E-state index contributed by atoms with van der Waals surface area (Å²) in [5.41, 5.74) is 0.991. The molecule has 2 aromatic carbocycles. The van der Waals surface area contributed by atoms with Gasteiger partial charge in [-0.25, -0.2) is 0 Å². The Morgan fingerprint density at radius 2 is 1.77 bits per heavy atom. The highest BCUT2D eigenvalue weighted by molar-refractivity contribution is 5.97. The summed E-state index contributed by atoms with van der Waals surface area (Å²) in [6, 6.07) is 12.7. The number of rotatable bonds is 10. The van der Waals surface area contributed by atoms with Crippen molar-refractivity contribution in [3.63, 3.8) is 0 Å².